The number of hydrogen-bond donors (Lipinski definition) is 2. The van der Waals surface area contributed by atoms with Crippen LogP contribution in [0.3, 0.4) is 0 Å². The summed E-state index contributed by atoms with van der Waals surface area (Å²) in [6.07, 6.45) is 0. The van der Waals surface area contributed by atoms with Gasteiger partial charge in [-0.05, 0) is 23.6 Å². The maximum Gasteiger partial charge on any atom is 0.153 e. The molecule has 0 aliphatic carbocycles. The number of anilines is 3. The van der Waals surface area contributed by atoms with E-state index >= 15 is 0 Å². The Kier molecular flexibility index (Phi) is 2.09. The lowest BCUT2D eigenvalue weighted by molar-refractivity contribution is 1.05. The Balaban J connectivity index is 2.15. The third kappa shape index (κ3) is 1.94. The van der Waals surface area contributed by atoms with Gasteiger partial charge in [-0.1, -0.05) is 0 Å². The first-order valence-corrected chi connectivity index (χ1v) is 4.67. The van der Waals surface area contributed by atoms with Crippen LogP contribution in [0.4, 0.5) is 17.3 Å². The Morgan fingerprint density at radius 1 is 1.23 bits per heavy atom. The molecule has 2 heterocycles. The molecule has 4 nitrogen and oxygen atoms in total. The molecule has 0 fully saturated rings. The van der Waals surface area contributed by atoms with Gasteiger partial charge in [0.25, 0.3) is 0 Å². The molecule has 13 heavy (non-hydrogen) atoms. The molecule has 0 saturated carbocycles. The van der Waals surface area contributed by atoms with Crippen molar-refractivity contribution in [2.24, 2.45) is 0 Å². The van der Waals surface area contributed by atoms with Gasteiger partial charge < -0.3 is 11.1 Å². The van der Waals surface area contributed by atoms with Crippen LogP contribution in [0.15, 0.2) is 29.0 Å². The van der Waals surface area contributed by atoms with Crippen LogP contribution in [0, 0.1) is 0 Å². The second-order valence-corrected chi connectivity index (χ2v) is 3.26. The van der Waals surface area contributed by atoms with E-state index in [2.05, 4.69) is 15.5 Å². The van der Waals surface area contributed by atoms with E-state index in [1.165, 1.54) is 0 Å². The van der Waals surface area contributed by atoms with E-state index < -0.39 is 0 Å². The SMILES string of the molecule is Nc1ccc(Nc2ccsc2)nn1. The Bertz CT molecular complexity index is 368. The minimum absolute atomic E-state index is 0.427. The highest BCUT2D eigenvalue weighted by molar-refractivity contribution is 7.08. The molecule has 66 valence electrons. The van der Waals surface area contributed by atoms with E-state index in [1.807, 2.05) is 16.8 Å². The number of thiophene rings is 1. The minimum atomic E-state index is 0.427. The van der Waals surface area contributed by atoms with Gasteiger partial charge in [-0.2, -0.15) is 11.3 Å². The number of nitrogens with zero attached hydrogens (tertiary/aromatic N) is 2. The maximum absolute atomic E-state index is 5.40. The van der Waals surface area contributed by atoms with Gasteiger partial charge in [0.1, 0.15) is 5.82 Å². The molecule has 2 aromatic heterocycles. The highest BCUT2D eigenvalue weighted by Crippen LogP contribution is 2.16. The number of nitrogens with one attached hydrogen (secondary N) is 1. The van der Waals surface area contributed by atoms with E-state index in [4.69, 9.17) is 5.73 Å². The summed E-state index contributed by atoms with van der Waals surface area (Å²) in [5.41, 5.74) is 6.42. The van der Waals surface area contributed by atoms with Gasteiger partial charge in [0.05, 0.1) is 5.69 Å². The van der Waals surface area contributed by atoms with Crippen molar-refractivity contribution in [3.05, 3.63) is 29.0 Å². The van der Waals surface area contributed by atoms with Crippen molar-refractivity contribution in [3.8, 4) is 0 Å². The molecule has 0 aliphatic rings. The van der Waals surface area contributed by atoms with Gasteiger partial charge >= 0.3 is 0 Å². The summed E-state index contributed by atoms with van der Waals surface area (Å²) in [5.74, 6) is 1.13. The number of aromatic nitrogens is 2. The Labute approximate surface area is 79.4 Å². The molecular formula is C8H8N4S. The molecule has 0 aromatic carbocycles. The summed E-state index contributed by atoms with van der Waals surface area (Å²) in [4.78, 5) is 0. The second kappa shape index (κ2) is 3.40. The quantitative estimate of drug-likeness (QED) is 0.762. The van der Waals surface area contributed by atoms with E-state index in [9.17, 15) is 0 Å². The van der Waals surface area contributed by atoms with Crippen LogP contribution in [0.5, 0.6) is 0 Å². The maximum atomic E-state index is 5.40. The van der Waals surface area contributed by atoms with E-state index in [0.29, 0.717) is 11.6 Å². The Morgan fingerprint density at radius 2 is 2.15 bits per heavy atom. The molecular weight excluding hydrogens is 184 g/mol. The molecule has 5 heteroatoms. The van der Waals surface area contributed by atoms with Gasteiger partial charge in [0.2, 0.25) is 0 Å². The summed E-state index contributed by atoms with van der Waals surface area (Å²) in [5, 5.41) is 14.7. The third-order valence-electron chi connectivity index (χ3n) is 1.48. The fourth-order valence-corrected chi connectivity index (χ4v) is 1.48. The van der Waals surface area contributed by atoms with Gasteiger partial charge in [0.15, 0.2) is 5.82 Å². The van der Waals surface area contributed by atoms with Gasteiger partial charge in [-0.15, -0.1) is 10.2 Å². The molecule has 3 N–H and O–H groups in total. The lowest BCUT2D eigenvalue weighted by atomic mass is 10.4. The third-order valence-corrected chi connectivity index (χ3v) is 2.16. The van der Waals surface area contributed by atoms with Crippen LogP contribution in [0.25, 0.3) is 0 Å². The molecule has 2 rings (SSSR count). The lowest BCUT2D eigenvalue weighted by Crippen LogP contribution is -1.96. The molecule has 0 atom stereocenters. The van der Waals surface area contributed by atoms with Crippen molar-refractivity contribution in [2.45, 2.75) is 0 Å². The molecule has 0 unspecified atom stereocenters. The Morgan fingerprint density at radius 3 is 2.77 bits per heavy atom. The summed E-state index contributed by atoms with van der Waals surface area (Å²) in [6, 6.07) is 5.48. The smallest absolute Gasteiger partial charge is 0.153 e. The molecule has 0 amide bonds. The molecule has 0 saturated heterocycles. The predicted molar refractivity (Wildman–Crippen MR) is 54.0 cm³/mol. The fourth-order valence-electron chi connectivity index (χ4n) is 0.893. The molecule has 0 spiro atoms. The van der Waals surface area contributed by atoms with Gasteiger partial charge in [0, 0.05) is 5.38 Å². The minimum Gasteiger partial charge on any atom is -0.382 e. The van der Waals surface area contributed by atoms with Crippen LogP contribution in [0.2, 0.25) is 0 Å². The molecule has 0 bridgehead atoms. The van der Waals surface area contributed by atoms with Crippen LogP contribution < -0.4 is 11.1 Å². The van der Waals surface area contributed by atoms with Gasteiger partial charge in [-0.25, -0.2) is 0 Å². The van der Waals surface area contributed by atoms with Crippen molar-refractivity contribution < 1.29 is 0 Å². The number of hydrogen-bond acceptors (Lipinski definition) is 5. The first-order chi connectivity index (χ1) is 6.34. The second-order valence-electron chi connectivity index (χ2n) is 2.48. The average Bonchev–Trinajstić information content (AvgIpc) is 2.62. The zero-order valence-corrected chi connectivity index (χ0v) is 7.58. The standard InChI is InChI=1S/C8H8N4S/c9-7-1-2-8(12-11-7)10-6-3-4-13-5-6/h1-5H,(H2,9,11)(H,10,12). The van der Waals surface area contributed by atoms with E-state index in [1.54, 1.807) is 23.5 Å². The van der Waals surface area contributed by atoms with Crippen LogP contribution in [-0.4, -0.2) is 10.2 Å². The highest BCUT2D eigenvalue weighted by Gasteiger charge is 1.95. The number of rotatable bonds is 2. The van der Waals surface area contributed by atoms with Crippen LogP contribution in [-0.2, 0) is 0 Å². The van der Waals surface area contributed by atoms with Crippen molar-refractivity contribution in [2.75, 3.05) is 11.1 Å². The number of nitrogen functional groups attached to an aromatic ring is 1. The normalized spacial score (nSPS) is 9.85. The van der Waals surface area contributed by atoms with Crippen molar-refractivity contribution in [1.29, 1.82) is 0 Å². The van der Waals surface area contributed by atoms with E-state index in [-0.39, 0.29) is 0 Å². The van der Waals surface area contributed by atoms with Gasteiger partial charge in [-0.3, -0.25) is 0 Å². The Hall–Kier alpha value is -1.62. The summed E-state index contributed by atoms with van der Waals surface area (Å²) < 4.78 is 0. The van der Waals surface area contributed by atoms with Crippen molar-refractivity contribution >= 4 is 28.7 Å². The molecule has 0 radical (unpaired) electrons. The van der Waals surface area contributed by atoms with Crippen molar-refractivity contribution in [3.63, 3.8) is 0 Å². The number of nitrogens with two attached hydrogens (primary N) is 1. The lowest BCUT2D eigenvalue weighted by Gasteiger charge is -2.00. The van der Waals surface area contributed by atoms with Crippen LogP contribution >= 0.6 is 11.3 Å². The topological polar surface area (TPSA) is 63.8 Å². The largest absolute Gasteiger partial charge is 0.382 e. The zero-order valence-electron chi connectivity index (χ0n) is 6.77. The first-order valence-electron chi connectivity index (χ1n) is 3.73. The fraction of sp³-hybridized carbons (Fsp3) is 0. The first kappa shape index (κ1) is 8.00. The predicted octanol–water partition coefficient (Wildman–Crippen LogP) is 1.86. The monoisotopic (exact) mass is 192 g/mol. The zero-order chi connectivity index (χ0) is 9.10. The summed E-state index contributed by atoms with van der Waals surface area (Å²) in [6.45, 7) is 0. The van der Waals surface area contributed by atoms with E-state index in [0.717, 1.165) is 5.69 Å². The van der Waals surface area contributed by atoms with Crippen molar-refractivity contribution in [1.82, 2.24) is 10.2 Å². The summed E-state index contributed by atoms with van der Waals surface area (Å²) in [7, 11) is 0. The highest BCUT2D eigenvalue weighted by atomic mass is 32.1. The molecule has 0 aliphatic heterocycles. The van der Waals surface area contributed by atoms with Crippen LogP contribution in [0.1, 0.15) is 0 Å². The average molecular weight is 192 g/mol. The molecule has 2 aromatic rings. The summed E-state index contributed by atoms with van der Waals surface area (Å²) >= 11 is 1.63.